The van der Waals surface area contributed by atoms with Crippen LogP contribution in [0.25, 0.3) is 0 Å². The first kappa shape index (κ1) is 28.9. The zero-order chi connectivity index (χ0) is 27.8. The van der Waals surface area contributed by atoms with E-state index in [4.69, 9.17) is 23.2 Å². The van der Waals surface area contributed by atoms with Crippen LogP contribution in [0, 0.1) is 0 Å². The molecule has 0 radical (unpaired) electrons. The molecule has 2 aliphatic rings. The minimum Gasteiger partial charge on any atom is -0.322 e. The molecular weight excluding hydrogens is 564 g/mol. The first-order valence-corrected chi connectivity index (χ1v) is 14.6. The van der Waals surface area contributed by atoms with E-state index in [-0.39, 0.29) is 31.1 Å². The third kappa shape index (κ3) is 6.56. The Morgan fingerprint density at radius 2 is 1.61 bits per heavy atom. The standard InChI is InChI=1S/C25H29Cl2F3N4O3S/c1-31(14-17-3-6-19(7-4-17)25(28,29)30)23-16-33(15-20(23)18-5-8-21(26)22(27)13-18)24(35)32-9-11-34(12-10-32)38(2,36)37/h3-8,13,20,23H,9-12,14-16H2,1-2H3/t20-,23+/m1/s1. The van der Waals surface area contributed by atoms with E-state index in [2.05, 4.69) is 0 Å². The van der Waals surface area contributed by atoms with Gasteiger partial charge in [0.2, 0.25) is 10.0 Å². The van der Waals surface area contributed by atoms with Gasteiger partial charge in [0.05, 0.1) is 21.9 Å². The molecule has 4 rings (SSSR count). The number of urea groups is 1. The van der Waals surface area contributed by atoms with Gasteiger partial charge in [-0.25, -0.2) is 13.2 Å². The molecule has 0 N–H and O–H groups in total. The number of alkyl halides is 3. The number of amides is 2. The van der Waals surface area contributed by atoms with Gasteiger partial charge in [0.25, 0.3) is 0 Å². The monoisotopic (exact) mass is 592 g/mol. The van der Waals surface area contributed by atoms with E-state index >= 15 is 0 Å². The van der Waals surface area contributed by atoms with Crippen LogP contribution < -0.4 is 0 Å². The van der Waals surface area contributed by atoms with Crippen molar-refractivity contribution in [3.8, 4) is 0 Å². The Balaban J connectivity index is 1.52. The van der Waals surface area contributed by atoms with Gasteiger partial charge >= 0.3 is 12.2 Å². The van der Waals surface area contributed by atoms with E-state index in [1.165, 1.54) is 16.4 Å². The summed E-state index contributed by atoms with van der Waals surface area (Å²) in [6.07, 6.45) is -3.24. The number of likely N-dealkylation sites (tertiary alicyclic amines) is 1. The van der Waals surface area contributed by atoms with Crippen molar-refractivity contribution < 1.29 is 26.4 Å². The van der Waals surface area contributed by atoms with E-state index in [1.54, 1.807) is 21.9 Å². The van der Waals surface area contributed by atoms with E-state index < -0.39 is 21.8 Å². The maximum absolute atomic E-state index is 13.4. The Kier molecular flexibility index (Phi) is 8.54. The Labute approximate surface area is 230 Å². The molecule has 0 aliphatic carbocycles. The van der Waals surface area contributed by atoms with Crippen LogP contribution in [0.2, 0.25) is 10.0 Å². The Morgan fingerprint density at radius 3 is 2.16 bits per heavy atom. The molecule has 2 saturated heterocycles. The molecule has 2 fully saturated rings. The van der Waals surface area contributed by atoms with Crippen LogP contribution in [0.4, 0.5) is 18.0 Å². The fourth-order valence-electron chi connectivity index (χ4n) is 5.08. The normalized spacial score (nSPS) is 21.4. The van der Waals surface area contributed by atoms with Crippen LogP contribution in [0.3, 0.4) is 0 Å². The number of benzene rings is 2. The predicted molar refractivity (Wildman–Crippen MR) is 141 cm³/mol. The number of rotatable bonds is 5. The Morgan fingerprint density at radius 1 is 0.974 bits per heavy atom. The van der Waals surface area contributed by atoms with Crippen LogP contribution in [0.15, 0.2) is 42.5 Å². The van der Waals surface area contributed by atoms with Gasteiger partial charge < -0.3 is 9.80 Å². The summed E-state index contributed by atoms with van der Waals surface area (Å²) in [5.41, 5.74) is 0.919. The van der Waals surface area contributed by atoms with Gasteiger partial charge in [0.15, 0.2) is 0 Å². The van der Waals surface area contributed by atoms with Crippen molar-refractivity contribution in [3.63, 3.8) is 0 Å². The third-order valence-electron chi connectivity index (χ3n) is 7.19. The van der Waals surface area contributed by atoms with Crippen molar-refractivity contribution in [3.05, 3.63) is 69.2 Å². The highest BCUT2D eigenvalue weighted by Gasteiger charge is 2.41. The summed E-state index contributed by atoms with van der Waals surface area (Å²) in [4.78, 5) is 18.9. The second kappa shape index (κ2) is 11.2. The number of hydrogen-bond donors (Lipinski definition) is 0. The first-order chi connectivity index (χ1) is 17.7. The van der Waals surface area contributed by atoms with E-state index in [9.17, 15) is 26.4 Å². The maximum Gasteiger partial charge on any atom is 0.416 e. The van der Waals surface area contributed by atoms with Crippen LogP contribution in [-0.2, 0) is 22.7 Å². The molecule has 2 amide bonds. The van der Waals surface area contributed by atoms with Gasteiger partial charge in [0.1, 0.15) is 0 Å². The average molecular weight is 593 g/mol. The van der Waals surface area contributed by atoms with Crippen molar-refractivity contribution in [2.75, 3.05) is 52.6 Å². The van der Waals surface area contributed by atoms with Crippen LogP contribution in [-0.4, -0.2) is 92.1 Å². The highest BCUT2D eigenvalue weighted by atomic mass is 35.5. The van der Waals surface area contributed by atoms with Crippen molar-refractivity contribution >= 4 is 39.3 Å². The molecule has 2 aromatic carbocycles. The van der Waals surface area contributed by atoms with Crippen molar-refractivity contribution in [1.82, 2.24) is 19.0 Å². The van der Waals surface area contributed by atoms with Crippen molar-refractivity contribution in [2.45, 2.75) is 24.7 Å². The number of sulfonamides is 1. The second-order valence-corrected chi connectivity index (χ2v) is 12.6. The maximum atomic E-state index is 13.4. The molecule has 208 valence electrons. The molecule has 2 aliphatic heterocycles. The zero-order valence-electron chi connectivity index (χ0n) is 21.0. The highest BCUT2D eigenvalue weighted by molar-refractivity contribution is 7.88. The van der Waals surface area contributed by atoms with Gasteiger partial charge in [-0.05, 0) is 42.4 Å². The number of nitrogens with zero attached hydrogens (tertiary/aromatic N) is 4. The van der Waals surface area contributed by atoms with Crippen LogP contribution in [0.5, 0.6) is 0 Å². The molecule has 2 aromatic rings. The van der Waals surface area contributed by atoms with Crippen LogP contribution in [0.1, 0.15) is 22.6 Å². The van der Waals surface area contributed by atoms with Gasteiger partial charge in [0, 0.05) is 57.8 Å². The smallest absolute Gasteiger partial charge is 0.322 e. The number of likely N-dealkylation sites (N-methyl/N-ethyl adjacent to an activating group) is 1. The second-order valence-electron chi connectivity index (χ2n) is 9.79. The van der Waals surface area contributed by atoms with Crippen LogP contribution >= 0.6 is 23.2 Å². The van der Waals surface area contributed by atoms with E-state index in [0.29, 0.717) is 42.8 Å². The van der Waals surface area contributed by atoms with Gasteiger partial charge in [-0.3, -0.25) is 4.90 Å². The Hall–Kier alpha value is -2.05. The van der Waals surface area contributed by atoms with E-state index in [1.807, 2.05) is 18.0 Å². The molecule has 38 heavy (non-hydrogen) atoms. The number of piperazine rings is 1. The van der Waals surface area contributed by atoms with E-state index in [0.717, 1.165) is 29.5 Å². The number of carbonyl (C=O) groups excluding carboxylic acids is 1. The van der Waals surface area contributed by atoms with Gasteiger partial charge in [-0.15, -0.1) is 0 Å². The molecule has 0 bridgehead atoms. The van der Waals surface area contributed by atoms with Gasteiger partial charge in [-0.1, -0.05) is 41.4 Å². The average Bonchev–Trinajstić information content (AvgIpc) is 3.30. The molecule has 0 unspecified atom stereocenters. The fraction of sp³-hybridized carbons (Fsp3) is 0.480. The highest BCUT2D eigenvalue weighted by Crippen LogP contribution is 2.35. The predicted octanol–water partition coefficient (Wildman–Crippen LogP) is 4.61. The lowest BCUT2D eigenvalue weighted by molar-refractivity contribution is -0.137. The molecule has 0 aromatic heterocycles. The lowest BCUT2D eigenvalue weighted by Gasteiger charge is -2.35. The topological polar surface area (TPSA) is 64.2 Å². The summed E-state index contributed by atoms with van der Waals surface area (Å²) in [5, 5.41) is 0.815. The molecular formula is C25H29Cl2F3N4O3S. The number of carbonyl (C=O) groups is 1. The summed E-state index contributed by atoms with van der Waals surface area (Å²) in [6.45, 7) is 2.27. The molecule has 7 nitrogen and oxygen atoms in total. The molecule has 0 spiro atoms. The van der Waals surface area contributed by atoms with Crippen molar-refractivity contribution in [1.29, 1.82) is 0 Å². The number of halogens is 5. The van der Waals surface area contributed by atoms with Crippen molar-refractivity contribution in [2.24, 2.45) is 0 Å². The lowest BCUT2D eigenvalue weighted by atomic mass is 9.93. The molecule has 2 atom stereocenters. The minimum absolute atomic E-state index is 0.120. The lowest BCUT2D eigenvalue weighted by Crippen LogP contribution is -2.53. The number of hydrogen-bond acceptors (Lipinski definition) is 4. The fourth-order valence-corrected chi connectivity index (χ4v) is 6.21. The molecule has 13 heteroatoms. The SMILES string of the molecule is CN(Cc1ccc(C(F)(F)F)cc1)[C@H]1CN(C(=O)N2CCN(S(C)(=O)=O)CC2)C[C@@H]1c1ccc(Cl)c(Cl)c1. The minimum atomic E-state index is -4.40. The summed E-state index contributed by atoms with van der Waals surface area (Å²) in [7, 11) is -1.44. The summed E-state index contributed by atoms with van der Waals surface area (Å²) < 4.78 is 64.0. The molecule has 2 heterocycles. The first-order valence-electron chi connectivity index (χ1n) is 12.0. The quantitative estimate of drug-likeness (QED) is 0.509. The third-order valence-corrected chi connectivity index (χ3v) is 9.23. The summed E-state index contributed by atoms with van der Waals surface area (Å²) >= 11 is 12.4. The summed E-state index contributed by atoms with van der Waals surface area (Å²) in [5.74, 6) is -0.120. The summed E-state index contributed by atoms with van der Waals surface area (Å²) in [6, 6.07) is 10.1. The molecule has 0 saturated carbocycles. The van der Waals surface area contributed by atoms with Gasteiger partial charge in [-0.2, -0.15) is 17.5 Å². The zero-order valence-corrected chi connectivity index (χ0v) is 23.3. The Bertz CT molecular complexity index is 1270. The largest absolute Gasteiger partial charge is 0.416 e.